The molecule has 1 aliphatic rings. The van der Waals surface area contributed by atoms with Crippen LogP contribution in [0.2, 0.25) is 0 Å². The van der Waals surface area contributed by atoms with Crippen LogP contribution >= 0.6 is 0 Å². The van der Waals surface area contributed by atoms with E-state index in [9.17, 15) is 5.11 Å². The molecule has 1 unspecified atom stereocenters. The molecule has 0 bridgehead atoms. The van der Waals surface area contributed by atoms with Crippen LogP contribution in [0, 0.1) is 12.3 Å². The number of aromatic hydroxyl groups is 1. The van der Waals surface area contributed by atoms with Gasteiger partial charge in [0, 0.05) is 18.2 Å². The molecule has 2 rings (SSSR count). The highest BCUT2D eigenvalue weighted by molar-refractivity contribution is 5.35. The molecule has 1 atom stereocenters. The Kier molecular flexibility index (Phi) is 3.96. The molecule has 2 heteroatoms. The minimum atomic E-state index is 0.406. The highest BCUT2D eigenvalue weighted by Crippen LogP contribution is 2.35. The van der Waals surface area contributed by atoms with Gasteiger partial charge in [-0.15, -0.1) is 0 Å². The molecule has 1 aliphatic carbocycles. The molecule has 0 heterocycles. The average Bonchev–Trinajstić information content (AvgIpc) is 2.29. The largest absolute Gasteiger partial charge is 0.508 e. The van der Waals surface area contributed by atoms with Gasteiger partial charge >= 0.3 is 0 Å². The molecule has 18 heavy (non-hydrogen) atoms. The minimum Gasteiger partial charge on any atom is -0.508 e. The molecule has 100 valence electrons. The minimum absolute atomic E-state index is 0.406. The fourth-order valence-electron chi connectivity index (χ4n) is 2.98. The third-order valence-corrected chi connectivity index (χ3v) is 4.02. The topological polar surface area (TPSA) is 32.3 Å². The summed E-state index contributed by atoms with van der Waals surface area (Å²) in [6, 6.07) is 6.39. The molecule has 0 aromatic heterocycles. The summed E-state index contributed by atoms with van der Waals surface area (Å²) in [5.74, 6) is 0.406. The molecule has 1 aromatic rings. The Bertz CT molecular complexity index is 412. The number of phenolic OH excluding ortho intramolecular Hbond substituents is 1. The fraction of sp³-hybridized carbons (Fsp3) is 0.625. The van der Waals surface area contributed by atoms with Crippen LogP contribution < -0.4 is 5.32 Å². The zero-order chi connectivity index (χ0) is 13.2. The van der Waals surface area contributed by atoms with E-state index in [2.05, 4.69) is 32.2 Å². The maximum atomic E-state index is 9.83. The molecule has 2 N–H and O–H groups in total. The zero-order valence-corrected chi connectivity index (χ0v) is 11.8. The van der Waals surface area contributed by atoms with Gasteiger partial charge in [0.05, 0.1) is 0 Å². The quantitative estimate of drug-likeness (QED) is 0.852. The van der Waals surface area contributed by atoms with Gasteiger partial charge in [-0.25, -0.2) is 0 Å². The second-order valence-corrected chi connectivity index (χ2v) is 6.47. The van der Waals surface area contributed by atoms with Gasteiger partial charge in [0.25, 0.3) is 0 Å². The Labute approximate surface area is 110 Å². The molecule has 0 saturated heterocycles. The first kappa shape index (κ1) is 13.4. The van der Waals surface area contributed by atoms with Crippen LogP contribution in [0.25, 0.3) is 0 Å². The van der Waals surface area contributed by atoms with E-state index < -0.39 is 0 Å². The van der Waals surface area contributed by atoms with E-state index >= 15 is 0 Å². The van der Waals surface area contributed by atoms with Crippen LogP contribution in [-0.2, 0) is 6.54 Å². The fourth-order valence-corrected chi connectivity index (χ4v) is 2.98. The first-order valence-electron chi connectivity index (χ1n) is 6.98. The predicted octanol–water partition coefficient (Wildman–Crippen LogP) is 3.76. The first-order valence-corrected chi connectivity index (χ1v) is 6.98. The maximum Gasteiger partial charge on any atom is 0.120 e. The highest BCUT2D eigenvalue weighted by atomic mass is 16.3. The lowest BCUT2D eigenvalue weighted by Crippen LogP contribution is -2.36. The normalized spacial score (nSPS) is 22.9. The van der Waals surface area contributed by atoms with Crippen molar-refractivity contribution in [3.8, 4) is 5.75 Å². The lowest BCUT2D eigenvalue weighted by molar-refractivity contribution is 0.197. The van der Waals surface area contributed by atoms with Crippen molar-refractivity contribution < 1.29 is 5.11 Å². The standard InChI is InChI=1S/C16H25NO/c1-12-6-7-15(18)13(9-12)11-17-14-5-4-8-16(2,3)10-14/h6-7,9,14,17-18H,4-5,8,10-11H2,1-3H3. The molecule has 0 spiro atoms. The smallest absolute Gasteiger partial charge is 0.120 e. The van der Waals surface area contributed by atoms with E-state index in [1.54, 1.807) is 6.07 Å². The monoisotopic (exact) mass is 247 g/mol. The molecule has 1 saturated carbocycles. The van der Waals surface area contributed by atoms with E-state index in [1.807, 2.05) is 6.07 Å². The molecule has 1 fully saturated rings. The SMILES string of the molecule is Cc1ccc(O)c(CNC2CCCC(C)(C)C2)c1. The van der Waals surface area contributed by atoms with Crippen LogP contribution in [0.5, 0.6) is 5.75 Å². The van der Waals surface area contributed by atoms with Crippen LogP contribution in [0.15, 0.2) is 18.2 Å². The molecule has 0 radical (unpaired) electrons. The molecule has 0 aliphatic heterocycles. The van der Waals surface area contributed by atoms with E-state index in [-0.39, 0.29) is 0 Å². The summed E-state index contributed by atoms with van der Waals surface area (Å²) in [6.45, 7) is 7.54. The summed E-state index contributed by atoms with van der Waals surface area (Å²) in [6.07, 6.45) is 5.14. The Hall–Kier alpha value is -1.02. The van der Waals surface area contributed by atoms with Crippen molar-refractivity contribution in [3.05, 3.63) is 29.3 Å². The third-order valence-electron chi connectivity index (χ3n) is 4.02. The Morgan fingerprint density at radius 3 is 2.89 bits per heavy atom. The number of phenols is 1. The number of hydrogen-bond donors (Lipinski definition) is 2. The second kappa shape index (κ2) is 5.31. The van der Waals surface area contributed by atoms with Crippen molar-refractivity contribution in [3.63, 3.8) is 0 Å². The van der Waals surface area contributed by atoms with Crippen molar-refractivity contribution in [1.29, 1.82) is 0 Å². The molecular weight excluding hydrogens is 222 g/mol. The van der Waals surface area contributed by atoms with Gasteiger partial charge in [0.1, 0.15) is 5.75 Å². The Balaban J connectivity index is 1.93. The summed E-state index contributed by atoms with van der Waals surface area (Å²) < 4.78 is 0. The summed E-state index contributed by atoms with van der Waals surface area (Å²) in [5, 5.41) is 13.4. The van der Waals surface area contributed by atoms with Crippen molar-refractivity contribution >= 4 is 0 Å². The van der Waals surface area contributed by atoms with Gasteiger partial charge in [-0.1, -0.05) is 38.0 Å². The van der Waals surface area contributed by atoms with Crippen LogP contribution in [-0.4, -0.2) is 11.1 Å². The Morgan fingerprint density at radius 1 is 1.39 bits per heavy atom. The van der Waals surface area contributed by atoms with Gasteiger partial charge < -0.3 is 10.4 Å². The van der Waals surface area contributed by atoms with Crippen molar-refractivity contribution in [1.82, 2.24) is 5.32 Å². The van der Waals surface area contributed by atoms with Crippen molar-refractivity contribution in [2.24, 2.45) is 5.41 Å². The number of hydrogen-bond acceptors (Lipinski definition) is 2. The average molecular weight is 247 g/mol. The molecule has 2 nitrogen and oxygen atoms in total. The second-order valence-electron chi connectivity index (χ2n) is 6.47. The lowest BCUT2D eigenvalue weighted by atomic mass is 9.75. The number of nitrogens with one attached hydrogen (secondary N) is 1. The summed E-state index contributed by atoms with van der Waals surface area (Å²) in [7, 11) is 0. The van der Waals surface area contributed by atoms with Crippen molar-refractivity contribution in [2.75, 3.05) is 0 Å². The zero-order valence-electron chi connectivity index (χ0n) is 11.8. The molecule has 0 amide bonds. The Morgan fingerprint density at radius 2 is 2.17 bits per heavy atom. The first-order chi connectivity index (χ1) is 8.46. The van der Waals surface area contributed by atoms with E-state index in [4.69, 9.17) is 0 Å². The van der Waals surface area contributed by atoms with Gasteiger partial charge in [-0.05, 0) is 37.7 Å². The van der Waals surface area contributed by atoms with Gasteiger partial charge in [0.15, 0.2) is 0 Å². The summed E-state index contributed by atoms with van der Waals surface area (Å²) >= 11 is 0. The number of aryl methyl sites for hydroxylation is 1. The predicted molar refractivity (Wildman–Crippen MR) is 75.7 cm³/mol. The van der Waals surface area contributed by atoms with Crippen LogP contribution in [0.3, 0.4) is 0 Å². The molecular formula is C16H25NO. The maximum absolute atomic E-state index is 9.83. The summed E-state index contributed by atoms with van der Waals surface area (Å²) in [5.41, 5.74) is 2.68. The van der Waals surface area contributed by atoms with Gasteiger partial charge in [0.2, 0.25) is 0 Å². The number of benzene rings is 1. The summed E-state index contributed by atoms with van der Waals surface area (Å²) in [4.78, 5) is 0. The lowest BCUT2D eigenvalue weighted by Gasteiger charge is -2.35. The van der Waals surface area contributed by atoms with Gasteiger partial charge in [-0.2, -0.15) is 0 Å². The van der Waals surface area contributed by atoms with E-state index in [0.29, 0.717) is 17.2 Å². The number of rotatable bonds is 3. The van der Waals surface area contributed by atoms with E-state index in [1.165, 1.54) is 31.2 Å². The van der Waals surface area contributed by atoms with E-state index in [0.717, 1.165) is 12.1 Å². The van der Waals surface area contributed by atoms with Gasteiger partial charge in [-0.3, -0.25) is 0 Å². The third kappa shape index (κ3) is 3.49. The van der Waals surface area contributed by atoms with Crippen LogP contribution in [0.1, 0.15) is 50.7 Å². The van der Waals surface area contributed by atoms with Crippen molar-refractivity contribution in [2.45, 2.75) is 59.0 Å². The molecule has 1 aromatic carbocycles. The van der Waals surface area contributed by atoms with Crippen LogP contribution in [0.4, 0.5) is 0 Å². The highest BCUT2D eigenvalue weighted by Gasteiger charge is 2.27.